The summed E-state index contributed by atoms with van der Waals surface area (Å²) in [5.41, 5.74) is 4.44. The van der Waals surface area contributed by atoms with E-state index in [9.17, 15) is 0 Å². The van der Waals surface area contributed by atoms with E-state index in [0.29, 0.717) is 66.0 Å². The van der Waals surface area contributed by atoms with Crippen LogP contribution in [0, 0.1) is 29.2 Å². The normalized spacial score (nSPS) is 24.2. The first kappa shape index (κ1) is 37.5. The van der Waals surface area contributed by atoms with Gasteiger partial charge in [0, 0.05) is 61.8 Å². The largest absolute Gasteiger partial charge is 0.367 e. The minimum Gasteiger partial charge on any atom is -0.367 e. The van der Waals surface area contributed by atoms with Crippen molar-refractivity contribution in [2.45, 2.75) is 88.8 Å². The molecule has 4 saturated heterocycles. The summed E-state index contributed by atoms with van der Waals surface area (Å²) in [5.74, 6) is -0.390. The number of halogens is 4. The zero-order chi connectivity index (χ0) is 39.4. The van der Waals surface area contributed by atoms with Gasteiger partial charge in [0.2, 0.25) is 0 Å². The van der Waals surface area contributed by atoms with Crippen LogP contribution in [0.3, 0.4) is 0 Å². The molecule has 4 N–H and O–H groups in total. The molecule has 58 heavy (non-hydrogen) atoms. The van der Waals surface area contributed by atoms with Gasteiger partial charge in [-0.3, -0.25) is 0 Å². The van der Waals surface area contributed by atoms with Crippen molar-refractivity contribution < 1.29 is 17.6 Å². The molecule has 0 spiro atoms. The number of rotatable bonds is 10. The van der Waals surface area contributed by atoms with Crippen LogP contribution in [0.4, 0.5) is 34.6 Å². The molecule has 1 unspecified atom stereocenters. The van der Waals surface area contributed by atoms with Gasteiger partial charge in [-0.25, -0.2) is 32.0 Å². The van der Waals surface area contributed by atoms with E-state index in [-0.39, 0.29) is 33.6 Å². The van der Waals surface area contributed by atoms with Crippen molar-refractivity contribution in [1.29, 1.82) is 0 Å². The van der Waals surface area contributed by atoms with Crippen LogP contribution in [0.5, 0.6) is 0 Å². The molecule has 0 bridgehead atoms. The van der Waals surface area contributed by atoms with Gasteiger partial charge in [0.1, 0.15) is 34.9 Å². The van der Waals surface area contributed by atoms with E-state index in [1.165, 1.54) is 29.8 Å². The van der Waals surface area contributed by atoms with Crippen molar-refractivity contribution >= 4 is 39.1 Å². The lowest BCUT2D eigenvalue weighted by atomic mass is 9.90. The summed E-state index contributed by atoms with van der Waals surface area (Å²) < 4.78 is 66.6. The lowest BCUT2D eigenvalue weighted by Gasteiger charge is -2.40. The third kappa shape index (κ3) is 6.76. The average molecular weight is 792 g/mol. The maximum atomic E-state index is 16.9. The Bertz CT molecular complexity index is 2400. The summed E-state index contributed by atoms with van der Waals surface area (Å²) >= 11 is 0. The highest BCUT2D eigenvalue weighted by Gasteiger charge is 2.50. The second-order valence-corrected chi connectivity index (χ2v) is 17.1. The van der Waals surface area contributed by atoms with Crippen LogP contribution in [0.1, 0.15) is 105 Å². The minimum absolute atomic E-state index is 0.0382. The molecule has 0 amide bonds. The molecule has 6 heterocycles. The highest BCUT2D eigenvalue weighted by molar-refractivity contribution is 5.82. The van der Waals surface area contributed by atoms with Crippen LogP contribution >= 0.6 is 0 Å². The molecular weight excluding hydrogens is 741 g/mol. The summed E-state index contributed by atoms with van der Waals surface area (Å²) in [4.78, 5) is 18.1. The van der Waals surface area contributed by atoms with Gasteiger partial charge >= 0.3 is 0 Å². The predicted octanol–water partition coefficient (Wildman–Crippen LogP) is 10.3. The number of benzene rings is 4. The highest BCUT2D eigenvalue weighted by atomic mass is 19.1. The quantitative estimate of drug-likeness (QED) is 0.0820. The SMILES string of the molecule is Fc1cc2nc(C3CCCN3)[nH]c2cc1[C@@H]1CCC[N@+]1(c1cc(F)c(N2CCC(CCCc3ccccc3)CC2)c(F)c1)c1cc2[nH]c([C@@H]3CCCN3)nc2cc1F. The molecule has 6 aromatic rings. The van der Waals surface area contributed by atoms with Crippen LogP contribution in [-0.4, -0.2) is 52.7 Å². The number of H-pyrrole nitrogens is 2. The average Bonchev–Trinajstić information content (AvgIpc) is 4.08. The molecule has 302 valence electrons. The van der Waals surface area contributed by atoms with Crippen LogP contribution < -0.4 is 20.0 Å². The van der Waals surface area contributed by atoms with Crippen LogP contribution in [0.2, 0.25) is 0 Å². The first-order valence-corrected chi connectivity index (χ1v) is 21.4. The summed E-state index contributed by atoms with van der Waals surface area (Å²) in [6, 6.07) is 19.0. The summed E-state index contributed by atoms with van der Waals surface area (Å²) in [6.07, 6.45) is 9.89. The van der Waals surface area contributed by atoms with Crippen molar-refractivity contribution in [1.82, 2.24) is 35.1 Å². The van der Waals surface area contributed by atoms with Gasteiger partial charge in [-0.1, -0.05) is 30.3 Å². The zero-order valence-electron chi connectivity index (χ0n) is 32.8. The minimum atomic E-state index is -0.684. The second kappa shape index (κ2) is 15.4. The molecule has 10 rings (SSSR count). The standard InChI is InChI=1S/C46H51F4N8/c47-32-25-39-38(53-45(54-39)36-12-5-17-51-36)24-31(32)42-14-7-21-58(42,43-27-41-40(26-33(43)48)55-46(56-41)37-13-6-18-52-37)30-22-34(49)44(35(50)23-30)57-19-15-29(16-20-57)11-4-10-28-8-2-1-3-9-28/h1-3,8-9,22-27,29,36-37,42,51-52H,4-7,10-21H2,(H,53,54)(H,55,56)/q+1/t36?,37-,42-,58+/m0/s1. The van der Waals surface area contributed by atoms with E-state index in [1.54, 1.807) is 12.1 Å². The van der Waals surface area contributed by atoms with Crippen molar-refractivity contribution in [3.8, 4) is 0 Å². The molecular formula is C46H51F4N8+. The number of imidazole rings is 2. The fourth-order valence-electron chi connectivity index (χ4n) is 10.6. The Labute approximate surface area is 336 Å². The summed E-state index contributed by atoms with van der Waals surface area (Å²) in [7, 11) is 0. The first-order chi connectivity index (χ1) is 28.3. The predicted molar refractivity (Wildman–Crippen MR) is 221 cm³/mol. The van der Waals surface area contributed by atoms with Crippen molar-refractivity contribution in [3.63, 3.8) is 0 Å². The lowest BCUT2D eigenvalue weighted by Crippen LogP contribution is -2.44. The third-order valence-electron chi connectivity index (χ3n) is 13.6. The van der Waals surface area contributed by atoms with Gasteiger partial charge in [-0.15, -0.1) is 0 Å². The van der Waals surface area contributed by atoms with Gasteiger partial charge in [-0.2, -0.15) is 0 Å². The maximum absolute atomic E-state index is 16.9. The highest BCUT2D eigenvalue weighted by Crippen LogP contribution is 2.53. The summed E-state index contributed by atoms with van der Waals surface area (Å²) in [6.45, 7) is 3.22. The van der Waals surface area contributed by atoms with E-state index < -0.39 is 29.3 Å². The Balaban J connectivity index is 1.01. The monoisotopic (exact) mass is 791 g/mol. The third-order valence-corrected chi connectivity index (χ3v) is 13.6. The first-order valence-electron chi connectivity index (χ1n) is 21.4. The van der Waals surface area contributed by atoms with Crippen LogP contribution in [0.25, 0.3) is 22.1 Å². The number of quaternary nitrogens is 1. The Morgan fingerprint density at radius 2 is 1.31 bits per heavy atom. The Morgan fingerprint density at radius 3 is 1.95 bits per heavy atom. The molecule has 0 saturated carbocycles. The molecule has 0 radical (unpaired) electrons. The van der Waals surface area contributed by atoms with E-state index >= 15 is 17.6 Å². The topological polar surface area (TPSA) is 84.7 Å². The lowest BCUT2D eigenvalue weighted by molar-refractivity contribution is 0.339. The van der Waals surface area contributed by atoms with Crippen molar-refractivity contribution in [2.75, 3.05) is 37.6 Å². The number of anilines is 1. The van der Waals surface area contributed by atoms with E-state index in [4.69, 9.17) is 9.97 Å². The number of nitrogens with zero attached hydrogens (tertiary/aromatic N) is 4. The Hall–Kier alpha value is -4.78. The number of hydrogen-bond donors (Lipinski definition) is 4. The van der Waals surface area contributed by atoms with Gasteiger partial charge in [0.15, 0.2) is 23.1 Å². The van der Waals surface area contributed by atoms with Gasteiger partial charge in [0.25, 0.3) is 0 Å². The number of nitrogens with one attached hydrogen (secondary N) is 4. The number of aryl methyl sites for hydroxylation is 1. The summed E-state index contributed by atoms with van der Waals surface area (Å²) in [5, 5.41) is 6.90. The van der Waals surface area contributed by atoms with Gasteiger partial charge in [-0.05, 0) is 88.4 Å². The van der Waals surface area contributed by atoms with Gasteiger partial charge < -0.3 is 25.5 Å². The van der Waals surface area contributed by atoms with Crippen molar-refractivity contribution in [3.05, 3.63) is 113 Å². The molecule has 4 atom stereocenters. The van der Waals surface area contributed by atoms with Crippen LogP contribution in [0.15, 0.2) is 66.7 Å². The maximum Gasteiger partial charge on any atom is 0.186 e. The Morgan fingerprint density at radius 1 is 0.672 bits per heavy atom. The number of aromatic amines is 2. The molecule has 0 aliphatic carbocycles. The zero-order valence-corrected chi connectivity index (χ0v) is 32.8. The molecule has 8 nitrogen and oxygen atoms in total. The molecule has 4 aliphatic rings. The second-order valence-electron chi connectivity index (χ2n) is 17.1. The Kier molecular flexibility index (Phi) is 9.97. The molecule has 12 heteroatoms. The molecule has 4 aliphatic heterocycles. The fraction of sp³-hybridized carbons (Fsp3) is 0.435. The fourth-order valence-corrected chi connectivity index (χ4v) is 10.6. The van der Waals surface area contributed by atoms with E-state index in [0.717, 1.165) is 82.5 Å². The molecule has 2 aromatic heterocycles. The van der Waals surface area contributed by atoms with E-state index in [2.05, 4.69) is 44.9 Å². The van der Waals surface area contributed by atoms with Crippen LogP contribution in [-0.2, 0) is 6.42 Å². The smallest absolute Gasteiger partial charge is 0.186 e. The van der Waals surface area contributed by atoms with Gasteiger partial charge in [0.05, 0.1) is 40.7 Å². The molecule has 4 fully saturated rings. The number of hydrogen-bond acceptors (Lipinski definition) is 5. The number of aromatic nitrogens is 4. The molecule has 4 aromatic carbocycles. The number of fused-ring (bicyclic) bond motifs is 2. The number of piperidine rings is 1. The van der Waals surface area contributed by atoms with Crippen molar-refractivity contribution in [2.24, 2.45) is 5.92 Å². The van der Waals surface area contributed by atoms with E-state index in [1.807, 2.05) is 11.0 Å².